The summed E-state index contributed by atoms with van der Waals surface area (Å²) in [6, 6.07) is 12.0. The average Bonchev–Trinajstić information content (AvgIpc) is 3.23. The lowest BCUT2D eigenvalue weighted by molar-refractivity contribution is 0.100. The number of likely N-dealkylation sites (tertiary alicyclic amines) is 1. The number of Topliss-reactive ketones (excluding diaryl/α,β-unsaturated/α-hetero) is 1. The third-order valence-corrected chi connectivity index (χ3v) is 7.07. The summed E-state index contributed by atoms with van der Waals surface area (Å²) >= 11 is 4.90. The Labute approximate surface area is 189 Å². The monoisotopic (exact) mass is 528 g/mol. The Balaban J connectivity index is 0.00000225. The Morgan fingerprint density at radius 3 is 2.36 bits per heavy atom. The molecular formula is C20H26Br2N4OS. The highest BCUT2D eigenvalue weighted by molar-refractivity contribution is 9.11. The van der Waals surface area contributed by atoms with E-state index in [-0.39, 0.29) is 29.1 Å². The summed E-state index contributed by atoms with van der Waals surface area (Å²) in [4.78, 5) is 20.3. The number of hydrogen-bond acceptors (Lipinski definition) is 6. The maximum atomic E-state index is 12.7. The van der Waals surface area contributed by atoms with Crippen LogP contribution in [0.15, 0.2) is 40.2 Å². The molecule has 0 aliphatic carbocycles. The molecule has 8 heteroatoms. The number of fused-ring (bicyclic) bond motifs is 1. The largest absolute Gasteiger partial charge is 0.336 e. The van der Waals surface area contributed by atoms with Crippen LogP contribution < -0.4 is 15.5 Å². The SMILES string of the molecule is Br.NC1N(CCN2CCCCC2)c2ccccc2N1CC(=O)c1ccc(Br)s1. The van der Waals surface area contributed by atoms with Crippen molar-refractivity contribution in [1.82, 2.24) is 4.90 Å². The molecule has 2 aromatic rings. The number of hydrogen-bond donors (Lipinski definition) is 1. The molecule has 1 atom stereocenters. The zero-order valence-corrected chi connectivity index (χ0v) is 19.8. The molecule has 1 fully saturated rings. The van der Waals surface area contributed by atoms with E-state index in [2.05, 4.69) is 37.9 Å². The van der Waals surface area contributed by atoms with Gasteiger partial charge in [-0.15, -0.1) is 28.3 Å². The van der Waals surface area contributed by atoms with Crippen molar-refractivity contribution >= 4 is 61.4 Å². The Bertz CT molecular complexity index is 809. The fraction of sp³-hybridized carbons (Fsp3) is 0.450. The van der Waals surface area contributed by atoms with Crippen molar-refractivity contribution in [3.63, 3.8) is 0 Å². The summed E-state index contributed by atoms with van der Waals surface area (Å²) in [6.07, 6.45) is 3.62. The molecule has 3 heterocycles. The van der Waals surface area contributed by atoms with Crippen molar-refractivity contribution in [1.29, 1.82) is 0 Å². The second-order valence-corrected chi connectivity index (χ2v) is 9.62. The zero-order valence-electron chi connectivity index (χ0n) is 15.7. The van der Waals surface area contributed by atoms with Gasteiger partial charge in [-0.25, -0.2) is 0 Å². The van der Waals surface area contributed by atoms with Crippen LogP contribution in [0, 0.1) is 0 Å². The van der Waals surface area contributed by atoms with E-state index < -0.39 is 0 Å². The van der Waals surface area contributed by atoms with Crippen LogP contribution in [0.25, 0.3) is 0 Å². The minimum absolute atomic E-state index is 0. The van der Waals surface area contributed by atoms with Crippen LogP contribution in [-0.2, 0) is 0 Å². The third kappa shape index (κ3) is 4.62. The number of thiophene rings is 1. The topological polar surface area (TPSA) is 52.8 Å². The number of anilines is 2. The van der Waals surface area contributed by atoms with E-state index in [0.29, 0.717) is 6.54 Å². The first-order valence-corrected chi connectivity index (χ1v) is 11.1. The van der Waals surface area contributed by atoms with Crippen molar-refractivity contribution in [2.45, 2.75) is 25.6 Å². The van der Waals surface area contributed by atoms with Crippen LogP contribution in [0.1, 0.15) is 28.9 Å². The van der Waals surface area contributed by atoms with E-state index in [4.69, 9.17) is 5.73 Å². The minimum atomic E-state index is -0.306. The number of carbonyl (C=O) groups is 1. The quantitative estimate of drug-likeness (QED) is 0.564. The molecular weight excluding hydrogens is 504 g/mol. The number of halogens is 2. The van der Waals surface area contributed by atoms with Crippen LogP contribution >= 0.6 is 44.2 Å². The van der Waals surface area contributed by atoms with Crippen LogP contribution in [0.3, 0.4) is 0 Å². The number of ketones is 1. The maximum Gasteiger partial charge on any atom is 0.192 e. The summed E-state index contributed by atoms with van der Waals surface area (Å²) in [5.74, 6) is 0.105. The predicted octanol–water partition coefficient (Wildman–Crippen LogP) is 4.33. The number of piperidine rings is 1. The molecule has 1 aromatic heterocycles. The lowest BCUT2D eigenvalue weighted by Gasteiger charge is -2.32. The van der Waals surface area contributed by atoms with Gasteiger partial charge in [0.05, 0.1) is 26.6 Å². The molecule has 1 aromatic carbocycles. The second kappa shape index (κ2) is 9.71. The minimum Gasteiger partial charge on any atom is -0.336 e. The average molecular weight is 530 g/mol. The zero-order chi connectivity index (χ0) is 18.8. The van der Waals surface area contributed by atoms with Gasteiger partial charge >= 0.3 is 0 Å². The van der Waals surface area contributed by atoms with Crippen LogP contribution in [0.2, 0.25) is 0 Å². The van der Waals surface area contributed by atoms with Gasteiger partial charge in [0.25, 0.3) is 0 Å². The normalized spacial score (nSPS) is 19.4. The number of para-hydroxylation sites is 2. The number of nitrogens with two attached hydrogens (primary N) is 1. The highest BCUT2D eigenvalue weighted by Gasteiger charge is 2.34. The Morgan fingerprint density at radius 2 is 1.71 bits per heavy atom. The Kier molecular flexibility index (Phi) is 7.55. The molecule has 152 valence electrons. The van der Waals surface area contributed by atoms with Gasteiger partial charge in [-0.2, -0.15) is 0 Å². The lowest BCUT2D eigenvalue weighted by Crippen LogP contribution is -2.53. The molecule has 0 amide bonds. The Morgan fingerprint density at radius 1 is 1.04 bits per heavy atom. The van der Waals surface area contributed by atoms with Gasteiger partial charge in [-0.05, 0) is 66.1 Å². The molecule has 0 saturated carbocycles. The molecule has 0 radical (unpaired) electrons. The van der Waals surface area contributed by atoms with Crippen molar-refractivity contribution in [3.8, 4) is 0 Å². The van der Waals surface area contributed by atoms with E-state index in [0.717, 1.165) is 33.1 Å². The molecule has 2 N–H and O–H groups in total. The van der Waals surface area contributed by atoms with Gasteiger partial charge in [-0.1, -0.05) is 18.6 Å². The summed E-state index contributed by atoms with van der Waals surface area (Å²) in [5, 5.41) is 0. The molecule has 28 heavy (non-hydrogen) atoms. The summed E-state index contributed by atoms with van der Waals surface area (Å²) in [7, 11) is 0. The number of nitrogens with zero attached hydrogens (tertiary/aromatic N) is 3. The maximum absolute atomic E-state index is 12.7. The lowest BCUT2D eigenvalue weighted by atomic mass is 10.1. The van der Waals surface area contributed by atoms with Crippen LogP contribution in [0.5, 0.6) is 0 Å². The molecule has 2 aliphatic heterocycles. The fourth-order valence-electron chi connectivity index (χ4n) is 3.96. The summed E-state index contributed by atoms with van der Waals surface area (Å²) in [5.41, 5.74) is 8.77. The molecule has 5 nitrogen and oxygen atoms in total. The highest BCUT2D eigenvalue weighted by Crippen LogP contribution is 2.38. The molecule has 2 aliphatic rings. The first-order valence-electron chi connectivity index (χ1n) is 9.52. The van der Waals surface area contributed by atoms with Crippen LogP contribution in [-0.4, -0.2) is 49.7 Å². The first-order chi connectivity index (χ1) is 13.1. The second-order valence-electron chi connectivity index (χ2n) is 7.15. The van der Waals surface area contributed by atoms with Crippen molar-refractivity contribution in [3.05, 3.63) is 45.1 Å². The van der Waals surface area contributed by atoms with Gasteiger partial charge < -0.3 is 14.7 Å². The third-order valence-electron chi connectivity index (χ3n) is 5.41. The first kappa shape index (κ1) is 21.8. The molecule has 0 bridgehead atoms. The standard InChI is InChI=1S/C20H25BrN4OS.BrH/c21-19-9-8-18(27-19)17(26)14-25-16-7-3-2-6-15(16)24(20(25)22)13-12-23-10-4-1-5-11-23;/h2-3,6-9,20H,1,4-5,10-14,22H2;1H. The Hall–Kier alpha value is -0.930. The molecule has 1 saturated heterocycles. The van der Waals surface area contributed by atoms with Crippen molar-refractivity contribution in [2.75, 3.05) is 42.5 Å². The van der Waals surface area contributed by atoms with Crippen LogP contribution in [0.4, 0.5) is 11.4 Å². The van der Waals surface area contributed by atoms with Crippen molar-refractivity contribution < 1.29 is 4.79 Å². The van der Waals surface area contributed by atoms with E-state index in [9.17, 15) is 4.79 Å². The molecule has 4 rings (SSSR count). The molecule has 0 spiro atoms. The van der Waals surface area contributed by atoms with E-state index in [1.807, 2.05) is 29.2 Å². The highest BCUT2D eigenvalue weighted by atomic mass is 79.9. The van der Waals surface area contributed by atoms with E-state index in [1.165, 1.54) is 43.7 Å². The number of carbonyl (C=O) groups excluding carboxylic acids is 1. The van der Waals surface area contributed by atoms with Gasteiger partial charge in [0.2, 0.25) is 0 Å². The van der Waals surface area contributed by atoms with Gasteiger partial charge in [0, 0.05) is 13.1 Å². The number of rotatable bonds is 6. The summed E-state index contributed by atoms with van der Waals surface area (Å²) in [6.45, 7) is 4.56. The van der Waals surface area contributed by atoms with Crippen molar-refractivity contribution in [2.24, 2.45) is 5.73 Å². The summed E-state index contributed by atoms with van der Waals surface area (Å²) < 4.78 is 0.972. The van der Waals surface area contributed by atoms with E-state index >= 15 is 0 Å². The smallest absolute Gasteiger partial charge is 0.192 e. The van der Waals surface area contributed by atoms with Gasteiger partial charge in [0.1, 0.15) is 0 Å². The van der Waals surface area contributed by atoms with Gasteiger partial charge in [-0.3, -0.25) is 10.5 Å². The fourth-order valence-corrected chi connectivity index (χ4v) is 5.28. The van der Waals surface area contributed by atoms with Gasteiger partial charge in [0.15, 0.2) is 12.1 Å². The predicted molar refractivity (Wildman–Crippen MR) is 126 cm³/mol. The van der Waals surface area contributed by atoms with E-state index in [1.54, 1.807) is 0 Å². The molecule has 1 unspecified atom stereocenters. The number of benzene rings is 1.